The number of nitrogens with one attached hydrogen (secondary N) is 2. The van der Waals surface area contributed by atoms with Gasteiger partial charge >= 0.3 is 0 Å². The molecule has 3 heterocycles. The Morgan fingerprint density at radius 1 is 1.48 bits per heavy atom. The summed E-state index contributed by atoms with van der Waals surface area (Å²) in [7, 11) is -3.00. The standard InChI is InChI=1S/C15H24N4O3S/c1-15(4-7-23(21,22)11-15)18-14(20)10-19-5-2-12(3-6-19)13-8-16-17-9-13/h8-9,12H,2-7,10-11H2,1H3,(H,16,17)(H,18,20). The molecule has 7 nitrogen and oxygen atoms in total. The number of H-pyrrole nitrogens is 1. The average molecular weight is 340 g/mol. The molecule has 2 aliphatic rings. The van der Waals surface area contributed by atoms with Crippen LogP contribution in [0.2, 0.25) is 0 Å². The minimum absolute atomic E-state index is 0.0499. The molecular formula is C15H24N4O3S. The molecule has 0 aromatic carbocycles. The van der Waals surface area contributed by atoms with Gasteiger partial charge in [0.05, 0.1) is 29.8 Å². The van der Waals surface area contributed by atoms with Gasteiger partial charge in [-0.15, -0.1) is 0 Å². The van der Waals surface area contributed by atoms with Gasteiger partial charge in [-0.05, 0) is 50.8 Å². The van der Waals surface area contributed by atoms with Crippen molar-refractivity contribution in [1.29, 1.82) is 0 Å². The summed E-state index contributed by atoms with van der Waals surface area (Å²) in [5.74, 6) is 0.644. The largest absolute Gasteiger partial charge is 0.349 e. The second-order valence-electron chi connectivity index (χ2n) is 7.03. The van der Waals surface area contributed by atoms with Gasteiger partial charge in [-0.3, -0.25) is 14.8 Å². The Morgan fingerprint density at radius 3 is 2.78 bits per heavy atom. The van der Waals surface area contributed by atoms with E-state index in [4.69, 9.17) is 0 Å². The van der Waals surface area contributed by atoms with Gasteiger partial charge in [-0.2, -0.15) is 5.10 Å². The van der Waals surface area contributed by atoms with Crippen molar-refractivity contribution >= 4 is 15.7 Å². The van der Waals surface area contributed by atoms with Crippen molar-refractivity contribution in [3.8, 4) is 0 Å². The van der Waals surface area contributed by atoms with Gasteiger partial charge in [-0.1, -0.05) is 0 Å². The van der Waals surface area contributed by atoms with Crippen molar-refractivity contribution in [2.75, 3.05) is 31.1 Å². The van der Waals surface area contributed by atoms with Crippen molar-refractivity contribution < 1.29 is 13.2 Å². The number of aromatic amines is 1. The molecule has 0 spiro atoms. The molecule has 2 aliphatic heterocycles. The topological polar surface area (TPSA) is 95.2 Å². The maximum Gasteiger partial charge on any atom is 0.234 e. The second kappa shape index (κ2) is 6.24. The Kier molecular flexibility index (Phi) is 4.46. The van der Waals surface area contributed by atoms with Crippen LogP contribution in [0.5, 0.6) is 0 Å². The number of carbonyl (C=O) groups excluding carboxylic acids is 1. The molecule has 3 rings (SSSR count). The smallest absolute Gasteiger partial charge is 0.234 e. The van der Waals surface area contributed by atoms with Crippen LogP contribution < -0.4 is 5.32 Å². The number of piperidine rings is 1. The molecule has 0 bridgehead atoms. The Balaban J connectivity index is 1.46. The Labute approximate surface area is 136 Å². The van der Waals surface area contributed by atoms with Crippen LogP contribution in [0.25, 0.3) is 0 Å². The first-order valence-electron chi connectivity index (χ1n) is 8.08. The maximum atomic E-state index is 12.2. The van der Waals surface area contributed by atoms with Crippen molar-refractivity contribution in [3.63, 3.8) is 0 Å². The van der Waals surface area contributed by atoms with E-state index in [1.54, 1.807) is 0 Å². The third kappa shape index (κ3) is 4.11. The molecule has 23 heavy (non-hydrogen) atoms. The Hall–Kier alpha value is -1.41. The molecule has 2 fully saturated rings. The van der Waals surface area contributed by atoms with E-state index in [0.717, 1.165) is 25.9 Å². The molecule has 0 saturated carbocycles. The number of likely N-dealkylation sites (tertiary alicyclic amines) is 1. The lowest BCUT2D eigenvalue weighted by Crippen LogP contribution is -2.51. The highest BCUT2D eigenvalue weighted by Crippen LogP contribution is 2.27. The maximum absolute atomic E-state index is 12.2. The van der Waals surface area contributed by atoms with Crippen molar-refractivity contribution in [2.24, 2.45) is 0 Å². The summed E-state index contributed by atoms with van der Waals surface area (Å²) in [6.45, 7) is 3.91. The van der Waals surface area contributed by atoms with E-state index in [0.29, 0.717) is 18.9 Å². The number of hydrogen-bond donors (Lipinski definition) is 2. The molecule has 128 valence electrons. The second-order valence-corrected chi connectivity index (χ2v) is 9.22. The summed E-state index contributed by atoms with van der Waals surface area (Å²) in [5, 5.41) is 9.76. The highest BCUT2D eigenvalue weighted by molar-refractivity contribution is 7.91. The van der Waals surface area contributed by atoms with Crippen LogP contribution in [-0.4, -0.2) is 66.1 Å². The van der Waals surface area contributed by atoms with Crippen LogP contribution in [0.4, 0.5) is 0 Å². The number of carbonyl (C=O) groups is 1. The van der Waals surface area contributed by atoms with Gasteiger partial charge in [0, 0.05) is 6.20 Å². The fourth-order valence-corrected chi connectivity index (χ4v) is 5.69. The number of rotatable bonds is 4. The summed E-state index contributed by atoms with van der Waals surface area (Å²) in [6, 6.07) is 0. The van der Waals surface area contributed by atoms with Crippen LogP contribution in [0, 0.1) is 0 Å². The highest BCUT2D eigenvalue weighted by Gasteiger charge is 2.39. The van der Waals surface area contributed by atoms with Crippen molar-refractivity contribution in [3.05, 3.63) is 18.0 Å². The van der Waals surface area contributed by atoms with Crippen molar-refractivity contribution in [2.45, 2.75) is 37.6 Å². The third-order valence-corrected chi connectivity index (χ3v) is 6.79. The van der Waals surface area contributed by atoms with E-state index in [9.17, 15) is 13.2 Å². The van der Waals surface area contributed by atoms with Crippen LogP contribution >= 0.6 is 0 Å². The average Bonchev–Trinajstić information content (AvgIpc) is 3.08. The number of hydrogen-bond acceptors (Lipinski definition) is 5. The van der Waals surface area contributed by atoms with E-state index in [-0.39, 0.29) is 17.4 Å². The first kappa shape index (κ1) is 16.4. The predicted molar refractivity (Wildman–Crippen MR) is 86.8 cm³/mol. The SMILES string of the molecule is CC1(NC(=O)CN2CCC(c3cn[nH]c3)CC2)CCS(=O)(=O)C1. The lowest BCUT2D eigenvalue weighted by Gasteiger charge is -2.32. The van der Waals surface area contributed by atoms with Gasteiger partial charge in [0.25, 0.3) is 0 Å². The summed E-state index contributed by atoms with van der Waals surface area (Å²) in [6.07, 6.45) is 6.34. The quantitative estimate of drug-likeness (QED) is 0.821. The normalized spacial score (nSPS) is 28.7. The molecule has 8 heteroatoms. The van der Waals surface area contributed by atoms with E-state index in [1.807, 2.05) is 19.3 Å². The molecule has 0 aliphatic carbocycles. The molecule has 1 amide bonds. The lowest BCUT2D eigenvalue weighted by atomic mass is 9.91. The molecule has 1 unspecified atom stereocenters. The minimum atomic E-state index is -3.00. The van der Waals surface area contributed by atoms with Gasteiger partial charge in [0.1, 0.15) is 0 Å². The van der Waals surface area contributed by atoms with Gasteiger partial charge < -0.3 is 5.32 Å². The predicted octanol–water partition coefficient (Wildman–Crippen LogP) is 0.283. The molecule has 2 saturated heterocycles. The Morgan fingerprint density at radius 2 is 2.22 bits per heavy atom. The lowest BCUT2D eigenvalue weighted by molar-refractivity contribution is -0.124. The summed E-state index contributed by atoms with van der Waals surface area (Å²) in [5.41, 5.74) is 0.628. The summed E-state index contributed by atoms with van der Waals surface area (Å²) in [4.78, 5) is 14.4. The van der Waals surface area contributed by atoms with E-state index >= 15 is 0 Å². The van der Waals surface area contributed by atoms with Crippen LogP contribution in [0.15, 0.2) is 12.4 Å². The van der Waals surface area contributed by atoms with Crippen LogP contribution in [0.3, 0.4) is 0 Å². The zero-order valence-electron chi connectivity index (χ0n) is 13.4. The highest BCUT2D eigenvalue weighted by atomic mass is 32.2. The molecular weight excluding hydrogens is 316 g/mol. The number of aromatic nitrogens is 2. The number of nitrogens with zero attached hydrogens (tertiary/aromatic N) is 2. The molecule has 1 atom stereocenters. The fraction of sp³-hybridized carbons (Fsp3) is 0.733. The first-order valence-corrected chi connectivity index (χ1v) is 9.90. The van der Waals surface area contributed by atoms with Crippen molar-refractivity contribution in [1.82, 2.24) is 20.4 Å². The van der Waals surface area contributed by atoms with Gasteiger partial charge in [0.2, 0.25) is 5.91 Å². The summed E-state index contributed by atoms with van der Waals surface area (Å²) < 4.78 is 23.2. The minimum Gasteiger partial charge on any atom is -0.349 e. The molecule has 1 aromatic rings. The number of sulfone groups is 1. The molecule has 2 N–H and O–H groups in total. The van der Waals surface area contributed by atoms with Gasteiger partial charge in [0.15, 0.2) is 9.84 Å². The van der Waals surface area contributed by atoms with Gasteiger partial charge in [-0.25, -0.2) is 8.42 Å². The van der Waals surface area contributed by atoms with Crippen LogP contribution in [-0.2, 0) is 14.6 Å². The Bertz CT molecular complexity index is 650. The zero-order chi connectivity index (χ0) is 16.5. The van der Waals surface area contributed by atoms with Crippen LogP contribution in [0.1, 0.15) is 37.7 Å². The fourth-order valence-electron chi connectivity index (χ4n) is 3.60. The molecule has 1 aromatic heterocycles. The first-order chi connectivity index (χ1) is 10.9. The van der Waals surface area contributed by atoms with E-state index in [1.165, 1.54) is 5.56 Å². The van der Waals surface area contributed by atoms with E-state index in [2.05, 4.69) is 20.4 Å². The van der Waals surface area contributed by atoms with E-state index < -0.39 is 15.4 Å². The zero-order valence-corrected chi connectivity index (χ0v) is 14.2. The summed E-state index contributed by atoms with van der Waals surface area (Å²) >= 11 is 0. The monoisotopic (exact) mass is 340 g/mol. The third-order valence-electron chi connectivity index (χ3n) is 4.89. The molecule has 0 radical (unpaired) electrons. The number of amides is 1.